The van der Waals surface area contributed by atoms with E-state index in [1.165, 1.54) is 5.69 Å². The van der Waals surface area contributed by atoms with Gasteiger partial charge in [-0.05, 0) is 43.5 Å². The molecule has 1 aromatic rings. The quantitative estimate of drug-likeness (QED) is 0.865. The third kappa shape index (κ3) is 2.32. The first-order valence-corrected chi connectivity index (χ1v) is 7.02. The standard InChI is InChI=1S/C15H22N2O/c1-12-9-16-10-13(12)11-17-7-4-8-18-15-6-3-2-5-14(15)17/h2-3,5-6,12-13,16H,4,7-11H2,1H3/t12-,13+/m1/s1. The number of ether oxygens (including phenoxy) is 1. The van der Waals surface area contributed by atoms with E-state index in [0.29, 0.717) is 0 Å². The second-order valence-corrected chi connectivity index (χ2v) is 5.51. The molecule has 1 N–H and O–H groups in total. The largest absolute Gasteiger partial charge is 0.491 e. The van der Waals surface area contributed by atoms with Crippen LogP contribution >= 0.6 is 0 Å². The lowest BCUT2D eigenvalue weighted by atomic mass is 9.97. The average Bonchev–Trinajstić information content (AvgIpc) is 2.68. The van der Waals surface area contributed by atoms with Crippen molar-refractivity contribution < 1.29 is 4.74 Å². The van der Waals surface area contributed by atoms with Gasteiger partial charge in [-0.2, -0.15) is 0 Å². The second kappa shape index (κ2) is 5.19. The van der Waals surface area contributed by atoms with Crippen LogP contribution in [0.2, 0.25) is 0 Å². The van der Waals surface area contributed by atoms with Crippen molar-refractivity contribution in [3.05, 3.63) is 24.3 Å². The van der Waals surface area contributed by atoms with Gasteiger partial charge >= 0.3 is 0 Å². The predicted molar refractivity (Wildman–Crippen MR) is 74.3 cm³/mol. The zero-order valence-electron chi connectivity index (χ0n) is 11.1. The maximum Gasteiger partial charge on any atom is 0.142 e. The van der Waals surface area contributed by atoms with Crippen molar-refractivity contribution in [2.45, 2.75) is 13.3 Å². The number of fused-ring (bicyclic) bond motifs is 1. The third-order valence-corrected chi connectivity index (χ3v) is 4.17. The van der Waals surface area contributed by atoms with Gasteiger partial charge in [-0.15, -0.1) is 0 Å². The molecule has 98 valence electrons. The smallest absolute Gasteiger partial charge is 0.142 e. The molecule has 2 heterocycles. The molecule has 3 rings (SSSR count). The van der Waals surface area contributed by atoms with Crippen LogP contribution < -0.4 is 15.0 Å². The van der Waals surface area contributed by atoms with E-state index in [-0.39, 0.29) is 0 Å². The van der Waals surface area contributed by atoms with Gasteiger partial charge in [0.15, 0.2) is 0 Å². The summed E-state index contributed by atoms with van der Waals surface area (Å²) >= 11 is 0. The molecule has 18 heavy (non-hydrogen) atoms. The van der Waals surface area contributed by atoms with Crippen LogP contribution in [0.3, 0.4) is 0 Å². The minimum absolute atomic E-state index is 0.760. The Balaban J connectivity index is 1.79. The molecule has 1 fully saturated rings. The predicted octanol–water partition coefficient (Wildman–Crippen LogP) is 2.13. The number of nitrogens with one attached hydrogen (secondary N) is 1. The first-order chi connectivity index (χ1) is 8.84. The van der Waals surface area contributed by atoms with Crippen LogP contribution in [-0.4, -0.2) is 32.8 Å². The van der Waals surface area contributed by atoms with E-state index in [4.69, 9.17) is 4.74 Å². The molecule has 1 aromatic carbocycles. The van der Waals surface area contributed by atoms with E-state index in [9.17, 15) is 0 Å². The van der Waals surface area contributed by atoms with Gasteiger partial charge in [0.25, 0.3) is 0 Å². The zero-order chi connectivity index (χ0) is 12.4. The van der Waals surface area contributed by atoms with Crippen molar-refractivity contribution in [1.82, 2.24) is 5.32 Å². The van der Waals surface area contributed by atoms with E-state index in [0.717, 1.165) is 56.8 Å². The van der Waals surface area contributed by atoms with Gasteiger partial charge < -0.3 is 15.0 Å². The van der Waals surface area contributed by atoms with E-state index in [1.807, 2.05) is 0 Å². The number of benzene rings is 1. The first-order valence-electron chi connectivity index (χ1n) is 7.02. The number of hydrogen-bond acceptors (Lipinski definition) is 3. The molecule has 2 aliphatic heterocycles. The molecule has 0 spiro atoms. The molecule has 0 unspecified atom stereocenters. The molecular formula is C15H22N2O. The van der Waals surface area contributed by atoms with Gasteiger partial charge in [0.2, 0.25) is 0 Å². The van der Waals surface area contributed by atoms with Crippen LogP contribution in [0.4, 0.5) is 5.69 Å². The maximum atomic E-state index is 5.81. The number of nitrogens with zero attached hydrogens (tertiary/aromatic N) is 1. The fraction of sp³-hybridized carbons (Fsp3) is 0.600. The molecule has 0 amide bonds. The van der Waals surface area contributed by atoms with Crippen molar-refractivity contribution in [3.63, 3.8) is 0 Å². The molecule has 0 aromatic heterocycles. The van der Waals surface area contributed by atoms with Gasteiger partial charge in [0.05, 0.1) is 12.3 Å². The zero-order valence-corrected chi connectivity index (χ0v) is 11.1. The Labute approximate surface area is 109 Å². The molecule has 3 heteroatoms. The summed E-state index contributed by atoms with van der Waals surface area (Å²) in [6.45, 7) is 7.77. The summed E-state index contributed by atoms with van der Waals surface area (Å²) in [4.78, 5) is 2.51. The molecule has 0 radical (unpaired) electrons. The summed E-state index contributed by atoms with van der Waals surface area (Å²) in [5, 5.41) is 3.49. The topological polar surface area (TPSA) is 24.5 Å². The summed E-state index contributed by atoms with van der Waals surface area (Å²) in [5.41, 5.74) is 1.27. The minimum atomic E-state index is 0.760. The van der Waals surface area contributed by atoms with E-state index in [2.05, 4.69) is 41.4 Å². The lowest BCUT2D eigenvalue weighted by molar-refractivity contribution is 0.322. The van der Waals surface area contributed by atoms with Crippen LogP contribution in [-0.2, 0) is 0 Å². The van der Waals surface area contributed by atoms with Crippen LogP contribution in [0.25, 0.3) is 0 Å². The van der Waals surface area contributed by atoms with E-state index >= 15 is 0 Å². The highest BCUT2D eigenvalue weighted by atomic mass is 16.5. The number of hydrogen-bond donors (Lipinski definition) is 1. The highest BCUT2D eigenvalue weighted by Gasteiger charge is 2.26. The molecule has 0 aliphatic carbocycles. The van der Waals surface area contributed by atoms with Crippen LogP contribution in [0.1, 0.15) is 13.3 Å². The first kappa shape index (κ1) is 11.8. The average molecular weight is 246 g/mol. The van der Waals surface area contributed by atoms with Gasteiger partial charge in [-0.1, -0.05) is 19.1 Å². The second-order valence-electron chi connectivity index (χ2n) is 5.51. The highest BCUT2D eigenvalue weighted by molar-refractivity contribution is 5.59. The normalized spacial score (nSPS) is 27.5. The van der Waals surface area contributed by atoms with Crippen molar-refractivity contribution in [1.29, 1.82) is 0 Å². The fourth-order valence-corrected chi connectivity index (χ4v) is 2.98. The summed E-state index contributed by atoms with van der Waals surface area (Å²) in [5.74, 6) is 2.59. The number of anilines is 1. The Morgan fingerprint density at radius 2 is 2.22 bits per heavy atom. The maximum absolute atomic E-state index is 5.81. The molecule has 2 atom stereocenters. The molecule has 0 saturated carbocycles. The fourth-order valence-electron chi connectivity index (χ4n) is 2.98. The van der Waals surface area contributed by atoms with E-state index < -0.39 is 0 Å². The summed E-state index contributed by atoms with van der Waals surface area (Å²) in [6, 6.07) is 8.44. The monoisotopic (exact) mass is 246 g/mol. The Morgan fingerprint density at radius 1 is 1.33 bits per heavy atom. The van der Waals surface area contributed by atoms with E-state index in [1.54, 1.807) is 0 Å². The molecule has 0 bridgehead atoms. The van der Waals surface area contributed by atoms with Crippen molar-refractivity contribution >= 4 is 5.69 Å². The molecule has 1 saturated heterocycles. The van der Waals surface area contributed by atoms with Gasteiger partial charge in [-0.3, -0.25) is 0 Å². The number of rotatable bonds is 2. The summed E-state index contributed by atoms with van der Waals surface area (Å²) < 4.78 is 5.81. The third-order valence-electron chi connectivity index (χ3n) is 4.17. The van der Waals surface area contributed by atoms with Crippen LogP contribution in [0.5, 0.6) is 5.75 Å². The highest BCUT2D eigenvalue weighted by Crippen LogP contribution is 2.32. The molecular weight excluding hydrogens is 224 g/mol. The van der Waals surface area contributed by atoms with Crippen molar-refractivity contribution in [2.24, 2.45) is 11.8 Å². The number of para-hydroxylation sites is 2. The Kier molecular flexibility index (Phi) is 3.41. The van der Waals surface area contributed by atoms with Gasteiger partial charge in [0, 0.05) is 13.1 Å². The van der Waals surface area contributed by atoms with Gasteiger partial charge in [0.1, 0.15) is 5.75 Å². The SMILES string of the molecule is C[C@@H]1CNC[C@H]1CN1CCCOc2ccccc21. The van der Waals surface area contributed by atoms with Crippen molar-refractivity contribution in [3.8, 4) is 5.75 Å². The lowest BCUT2D eigenvalue weighted by Gasteiger charge is -2.28. The van der Waals surface area contributed by atoms with Crippen molar-refractivity contribution in [2.75, 3.05) is 37.7 Å². The molecule has 2 aliphatic rings. The summed E-state index contributed by atoms with van der Waals surface area (Å²) in [6.07, 6.45) is 1.11. The Morgan fingerprint density at radius 3 is 3.06 bits per heavy atom. The van der Waals surface area contributed by atoms with Crippen LogP contribution in [0, 0.1) is 11.8 Å². The van der Waals surface area contributed by atoms with Crippen LogP contribution in [0.15, 0.2) is 24.3 Å². The molecule has 3 nitrogen and oxygen atoms in total. The lowest BCUT2D eigenvalue weighted by Crippen LogP contribution is -2.32. The summed E-state index contributed by atoms with van der Waals surface area (Å²) in [7, 11) is 0. The van der Waals surface area contributed by atoms with Gasteiger partial charge in [-0.25, -0.2) is 0 Å². The Hall–Kier alpha value is -1.22. The Bertz CT molecular complexity index is 407. The minimum Gasteiger partial charge on any atom is -0.491 e.